The molecule has 0 aliphatic carbocycles. The van der Waals surface area contributed by atoms with Crippen molar-refractivity contribution in [2.45, 2.75) is 26.7 Å². The molecule has 19 heavy (non-hydrogen) atoms. The van der Waals surface area contributed by atoms with Crippen molar-refractivity contribution in [2.24, 2.45) is 11.8 Å². The molecule has 3 nitrogen and oxygen atoms in total. The number of ether oxygens (including phenoxy) is 1. The molecule has 0 amide bonds. The van der Waals surface area contributed by atoms with Gasteiger partial charge in [-0.15, -0.1) is 0 Å². The lowest BCUT2D eigenvalue weighted by Crippen LogP contribution is -2.39. The van der Waals surface area contributed by atoms with Gasteiger partial charge in [0.15, 0.2) is 0 Å². The Morgan fingerprint density at radius 1 is 1.21 bits per heavy atom. The monoisotopic (exact) mass is 262 g/mol. The first-order valence-electron chi connectivity index (χ1n) is 7.36. The Hall–Kier alpha value is -1.22. The minimum Gasteiger partial charge on any atom is -0.494 e. The standard InChI is InChI=1S/C16H26N2O/c1-13-8-10-18(12-14(13)2)9-3-11-19-16-6-4-15(17)5-7-16/h4-7,13-14H,3,8-12,17H2,1-2H3. The highest BCUT2D eigenvalue weighted by molar-refractivity contribution is 5.41. The van der Waals surface area contributed by atoms with E-state index in [-0.39, 0.29) is 0 Å². The van der Waals surface area contributed by atoms with E-state index in [2.05, 4.69) is 18.7 Å². The Bertz CT molecular complexity index is 377. The van der Waals surface area contributed by atoms with Gasteiger partial charge in [0.25, 0.3) is 0 Å². The average Bonchev–Trinajstić information content (AvgIpc) is 2.41. The highest BCUT2D eigenvalue weighted by Gasteiger charge is 2.21. The number of likely N-dealkylation sites (tertiary alicyclic amines) is 1. The topological polar surface area (TPSA) is 38.5 Å². The number of anilines is 1. The molecule has 1 aliphatic rings. The zero-order valence-electron chi connectivity index (χ0n) is 12.1. The van der Waals surface area contributed by atoms with Crippen molar-refractivity contribution < 1.29 is 4.74 Å². The third-order valence-electron chi connectivity index (χ3n) is 4.19. The van der Waals surface area contributed by atoms with E-state index in [4.69, 9.17) is 10.5 Å². The average molecular weight is 262 g/mol. The third kappa shape index (κ3) is 4.43. The quantitative estimate of drug-likeness (QED) is 0.655. The summed E-state index contributed by atoms with van der Waals surface area (Å²) in [6.07, 6.45) is 2.42. The fraction of sp³-hybridized carbons (Fsp3) is 0.625. The van der Waals surface area contributed by atoms with Crippen LogP contribution in [0.25, 0.3) is 0 Å². The van der Waals surface area contributed by atoms with Gasteiger partial charge in [0.2, 0.25) is 0 Å². The van der Waals surface area contributed by atoms with Gasteiger partial charge in [0.1, 0.15) is 5.75 Å². The van der Waals surface area contributed by atoms with Crippen molar-refractivity contribution in [1.82, 2.24) is 4.90 Å². The van der Waals surface area contributed by atoms with Gasteiger partial charge in [-0.25, -0.2) is 0 Å². The summed E-state index contributed by atoms with van der Waals surface area (Å²) in [6, 6.07) is 7.62. The van der Waals surface area contributed by atoms with Crippen LogP contribution in [0.15, 0.2) is 24.3 Å². The van der Waals surface area contributed by atoms with Crippen LogP contribution in [0.4, 0.5) is 5.69 Å². The number of benzene rings is 1. The Balaban J connectivity index is 1.63. The van der Waals surface area contributed by atoms with E-state index in [1.807, 2.05) is 24.3 Å². The summed E-state index contributed by atoms with van der Waals surface area (Å²) in [4.78, 5) is 2.57. The van der Waals surface area contributed by atoms with Crippen molar-refractivity contribution in [1.29, 1.82) is 0 Å². The van der Waals surface area contributed by atoms with E-state index in [9.17, 15) is 0 Å². The van der Waals surface area contributed by atoms with Gasteiger partial charge in [-0.1, -0.05) is 13.8 Å². The molecule has 0 saturated carbocycles. The number of nitrogens with two attached hydrogens (primary N) is 1. The van der Waals surface area contributed by atoms with Gasteiger partial charge < -0.3 is 15.4 Å². The predicted octanol–water partition coefficient (Wildman–Crippen LogP) is 3.02. The van der Waals surface area contributed by atoms with E-state index < -0.39 is 0 Å². The van der Waals surface area contributed by atoms with Gasteiger partial charge in [0.05, 0.1) is 6.61 Å². The van der Waals surface area contributed by atoms with E-state index in [0.29, 0.717) is 0 Å². The molecule has 1 fully saturated rings. The van der Waals surface area contributed by atoms with Crippen LogP contribution < -0.4 is 10.5 Å². The molecular formula is C16H26N2O. The molecule has 3 heteroatoms. The lowest BCUT2D eigenvalue weighted by molar-refractivity contribution is 0.130. The third-order valence-corrected chi connectivity index (χ3v) is 4.19. The number of hydrogen-bond acceptors (Lipinski definition) is 3. The first kappa shape index (κ1) is 14.2. The zero-order chi connectivity index (χ0) is 13.7. The molecule has 1 aliphatic heterocycles. The number of nitrogens with zero attached hydrogens (tertiary/aromatic N) is 1. The summed E-state index contributed by atoms with van der Waals surface area (Å²) in [5.74, 6) is 2.61. The molecule has 1 aromatic rings. The highest BCUT2D eigenvalue weighted by atomic mass is 16.5. The summed E-state index contributed by atoms with van der Waals surface area (Å²) in [7, 11) is 0. The Labute approximate surface area is 116 Å². The Morgan fingerprint density at radius 3 is 2.63 bits per heavy atom. The van der Waals surface area contributed by atoms with E-state index >= 15 is 0 Å². The molecule has 0 radical (unpaired) electrons. The molecule has 0 bridgehead atoms. The van der Waals surface area contributed by atoms with Crippen molar-refractivity contribution >= 4 is 5.69 Å². The van der Waals surface area contributed by atoms with Crippen molar-refractivity contribution in [2.75, 3.05) is 32.0 Å². The largest absolute Gasteiger partial charge is 0.494 e. The van der Waals surface area contributed by atoms with E-state index in [1.54, 1.807) is 0 Å². The maximum Gasteiger partial charge on any atom is 0.119 e. The summed E-state index contributed by atoms with van der Waals surface area (Å²) in [5.41, 5.74) is 6.42. The normalized spacial score (nSPS) is 24.3. The number of rotatable bonds is 5. The summed E-state index contributed by atoms with van der Waals surface area (Å²) < 4.78 is 5.72. The van der Waals surface area contributed by atoms with Gasteiger partial charge in [-0.05, 0) is 55.5 Å². The Morgan fingerprint density at radius 2 is 1.95 bits per heavy atom. The lowest BCUT2D eigenvalue weighted by Gasteiger charge is -2.35. The molecule has 0 spiro atoms. The van der Waals surface area contributed by atoms with Crippen molar-refractivity contribution in [3.63, 3.8) is 0 Å². The van der Waals surface area contributed by atoms with Gasteiger partial charge >= 0.3 is 0 Å². The lowest BCUT2D eigenvalue weighted by atomic mass is 9.89. The van der Waals surface area contributed by atoms with Crippen LogP contribution in [0.2, 0.25) is 0 Å². The molecule has 2 atom stereocenters. The number of piperidine rings is 1. The van der Waals surface area contributed by atoms with Gasteiger partial charge in [0, 0.05) is 18.8 Å². The predicted molar refractivity (Wildman–Crippen MR) is 80.4 cm³/mol. The van der Waals surface area contributed by atoms with Gasteiger partial charge in [-0.2, -0.15) is 0 Å². The summed E-state index contributed by atoms with van der Waals surface area (Å²) in [5, 5.41) is 0. The first-order chi connectivity index (χ1) is 9.15. The summed E-state index contributed by atoms with van der Waals surface area (Å²) >= 11 is 0. The zero-order valence-corrected chi connectivity index (χ0v) is 12.1. The van der Waals surface area contributed by atoms with Crippen LogP contribution in [0.1, 0.15) is 26.7 Å². The molecule has 2 rings (SSSR count). The minimum atomic E-state index is 0.781. The number of hydrogen-bond donors (Lipinski definition) is 1. The molecule has 2 N–H and O–H groups in total. The minimum absolute atomic E-state index is 0.781. The number of nitrogen functional groups attached to an aromatic ring is 1. The van der Waals surface area contributed by atoms with Crippen molar-refractivity contribution in [3.05, 3.63) is 24.3 Å². The van der Waals surface area contributed by atoms with Crippen LogP contribution in [0.5, 0.6) is 5.75 Å². The molecule has 106 valence electrons. The van der Waals surface area contributed by atoms with E-state index in [0.717, 1.165) is 42.8 Å². The van der Waals surface area contributed by atoms with Crippen molar-refractivity contribution in [3.8, 4) is 5.75 Å². The smallest absolute Gasteiger partial charge is 0.119 e. The van der Waals surface area contributed by atoms with Crippen LogP contribution in [-0.4, -0.2) is 31.1 Å². The fourth-order valence-electron chi connectivity index (χ4n) is 2.59. The molecular weight excluding hydrogens is 236 g/mol. The molecule has 2 unspecified atom stereocenters. The molecule has 1 aromatic carbocycles. The first-order valence-corrected chi connectivity index (χ1v) is 7.36. The van der Waals surface area contributed by atoms with Gasteiger partial charge in [-0.3, -0.25) is 0 Å². The molecule has 1 heterocycles. The molecule has 1 saturated heterocycles. The highest BCUT2D eigenvalue weighted by Crippen LogP contribution is 2.22. The summed E-state index contributed by atoms with van der Waals surface area (Å²) in [6.45, 7) is 9.14. The maximum absolute atomic E-state index is 5.72. The second-order valence-corrected chi connectivity index (χ2v) is 5.81. The van der Waals surface area contributed by atoms with E-state index in [1.165, 1.54) is 19.5 Å². The SMILES string of the molecule is CC1CCN(CCCOc2ccc(N)cc2)CC1C. The molecule has 0 aromatic heterocycles. The fourth-order valence-corrected chi connectivity index (χ4v) is 2.59. The second-order valence-electron chi connectivity index (χ2n) is 5.81. The van der Waals surface area contributed by atoms with Crippen LogP contribution >= 0.6 is 0 Å². The van der Waals surface area contributed by atoms with Crippen LogP contribution in [0, 0.1) is 11.8 Å². The van der Waals surface area contributed by atoms with Crippen LogP contribution in [-0.2, 0) is 0 Å². The Kier molecular flexibility index (Phi) is 5.08. The second kappa shape index (κ2) is 6.80. The maximum atomic E-state index is 5.72. The van der Waals surface area contributed by atoms with Crippen LogP contribution in [0.3, 0.4) is 0 Å².